The van der Waals surface area contributed by atoms with Crippen molar-refractivity contribution in [2.45, 2.75) is 89.8 Å². The average Bonchev–Trinajstić information content (AvgIpc) is 2.92. The van der Waals surface area contributed by atoms with Gasteiger partial charge in [0.1, 0.15) is 12.1 Å². The lowest BCUT2D eigenvalue weighted by atomic mass is 9.99. The van der Waals surface area contributed by atoms with Crippen LogP contribution in [0.5, 0.6) is 0 Å². The molecule has 0 aliphatic carbocycles. The van der Waals surface area contributed by atoms with Gasteiger partial charge in [-0.3, -0.25) is 10.1 Å². The third-order valence-corrected chi connectivity index (χ3v) is 7.48. The highest BCUT2D eigenvalue weighted by Crippen LogP contribution is 2.32. The van der Waals surface area contributed by atoms with Crippen molar-refractivity contribution >= 4 is 14.7 Å². The van der Waals surface area contributed by atoms with Gasteiger partial charge in [0.2, 0.25) is 5.91 Å². The first-order valence-corrected chi connectivity index (χ1v) is 14.8. The van der Waals surface area contributed by atoms with Crippen molar-refractivity contribution in [2.75, 3.05) is 13.2 Å². The van der Waals surface area contributed by atoms with Crippen LogP contribution in [-0.4, -0.2) is 44.5 Å². The van der Waals surface area contributed by atoms with Gasteiger partial charge in [-0.1, -0.05) is 69.2 Å². The molecule has 1 N–H and O–H groups in total. The molecule has 1 aromatic rings. The van der Waals surface area contributed by atoms with E-state index in [2.05, 4.69) is 70.0 Å². The quantitative estimate of drug-likeness (QED) is 0.270. The molecule has 4 nitrogen and oxygen atoms in total. The number of nitrogens with zero attached hydrogens (tertiary/aromatic N) is 1. The van der Waals surface area contributed by atoms with Crippen molar-refractivity contribution in [3.63, 3.8) is 0 Å². The average molecular weight is 431 g/mol. The zero-order valence-corrected chi connectivity index (χ0v) is 20.9. The lowest BCUT2D eigenvalue weighted by Crippen LogP contribution is -2.48. The topological polar surface area (TPSA) is 41.6 Å². The fourth-order valence-corrected chi connectivity index (χ4v) is 5.24. The molecule has 1 saturated heterocycles. The number of ether oxygens (including phenoxy) is 1. The van der Waals surface area contributed by atoms with Crippen LogP contribution in [0.4, 0.5) is 0 Å². The van der Waals surface area contributed by atoms with Crippen molar-refractivity contribution in [3.05, 3.63) is 48.0 Å². The van der Waals surface area contributed by atoms with Crippen LogP contribution in [0.1, 0.15) is 63.7 Å². The van der Waals surface area contributed by atoms with Gasteiger partial charge in [-0.05, 0) is 44.2 Å². The van der Waals surface area contributed by atoms with Crippen LogP contribution < -0.4 is 5.32 Å². The molecule has 1 unspecified atom stereocenters. The number of unbranched alkanes of at least 4 members (excludes halogenated alkanes) is 2. The maximum atomic E-state index is 13.4. The van der Waals surface area contributed by atoms with E-state index < -0.39 is 8.80 Å². The third-order valence-electron chi connectivity index (χ3n) is 5.92. The molecule has 2 rings (SSSR count). The number of carbonyl (C=O) groups is 1. The van der Waals surface area contributed by atoms with E-state index in [-0.39, 0.29) is 23.7 Å². The molecule has 30 heavy (non-hydrogen) atoms. The molecule has 5 heteroatoms. The highest BCUT2D eigenvalue weighted by molar-refractivity contribution is 6.55. The Hall–Kier alpha value is -1.43. The van der Waals surface area contributed by atoms with E-state index in [4.69, 9.17) is 4.74 Å². The summed E-state index contributed by atoms with van der Waals surface area (Å²) in [5.74, 6) is 0.156. The summed E-state index contributed by atoms with van der Waals surface area (Å²) in [5, 5.41) is 3.58. The summed E-state index contributed by atoms with van der Waals surface area (Å²) in [7, 11) is -0.516. The van der Waals surface area contributed by atoms with Gasteiger partial charge >= 0.3 is 0 Å². The molecule has 0 radical (unpaired) electrons. The molecule has 168 valence electrons. The molecule has 1 aromatic carbocycles. The minimum Gasteiger partial charge on any atom is -0.371 e. The first kappa shape index (κ1) is 24.8. The highest BCUT2D eigenvalue weighted by atomic mass is 28.3. The van der Waals surface area contributed by atoms with Gasteiger partial charge in [0.15, 0.2) is 0 Å². The SMILES string of the molecule is C=CCc1ccc(C(OCCCC[SiH](C)C)[C@@H]2NC(C)(C)N(CCCC)C2=O)cc1. The molecule has 1 aliphatic heterocycles. The van der Waals surface area contributed by atoms with Gasteiger partial charge in [-0.2, -0.15) is 0 Å². The number of benzene rings is 1. The summed E-state index contributed by atoms with van der Waals surface area (Å²) in [4.78, 5) is 15.4. The third kappa shape index (κ3) is 6.79. The van der Waals surface area contributed by atoms with Crippen molar-refractivity contribution in [1.29, 1.82) is 0 Å². The lowest BCUT2D eigenvalue weighted by molar-refractivity contribution is -0.134. The summed E-state index contributed by atoms with van der Waals surface area (Å²) >= 11 is 0. The Labute approximate surface area is 185 Å². The van der Waals surface area contributed by atoms with Crippen LogP contribution in [0.3, 0.4) is 0 Å². The zero-order valence-electron chi connectivity index (χ0n) is 19.7. The van der Waals surface area contributed by atoms with Crippen molar-refractivity contribution in [3.8, 4) is 0 Å². The Morgan fingerprint density at radius 3 is 2.53 bits per heavy atom. The van der Waals surface area contributed by atoms with E-state index in [9.17, 15) is 4.79 Å². The first-order valence-electron chi connectivity index (χ1n) is 11.7. The maximum absolute atomic E-state index is 13.4. The van der Waals surface area contributed by atoms with Crippen LogP contribution in [0.25, 0.3) is 0 Å². The highest BCUT2D eigenvalue weighted by Gasteiger charge is 2.47. The Bertz CT molecular complexity index is 672. The standard InChI is InChI=1S/C25H42N2O2Si/c1-7-9-17-27-24(28)22(26-25(27,3)4)23(29-18-10-11-19-30(5)6)21-15-13-20(12-8-2)14-16-21/h8,13-16,22-23,26,30H,2,7,9-12,17-19H2,1,3-6H3/t22-,23?/m0/s1. The molecule has 0 saturated carbocycles. The fraction of sp³-hybridized carbons (Fsp3) is 0.640. The molecule has 0 bridgehead atoms. The Morgan fingerprint density at radius 2 is 1.93 bits per heavy atom. The number of allylic oxidation sites excluding steroid dienone is 1. The monoisotopic (exact) mass is 430 g/mol. The van der Waals surface area contributed by atoms with Gasteiger partial charge in [-0.15, -0.1) is 6.58 Å². The second kappa shape index (κ2) is 11.8. The normalized spacial score (nSPS) is 19.5. The van der Waals surface area contributed by atoms with Crippen LogP contribution in [0.15, 0.2) is 36.9 Å². The van der Waals surface area contributed by atoms with Gasteiger partial charge in [0.05, 0.1) is 5.66 Å². The number of hydrogen-bond donors (Lipinski definition) is 1. The molecule has 1 heterocycles. The molecule has 1 amide bonds. The molecule has 1 aliphatic rings. The Balaban J connectivity index is 2.17. The predicted molar refractivity (Wildman–Crippen MR) is 130 cm³/mol. The van der Waals surface area contributed by atoms with Crippen LogP contribution in [-0.2, 0) is 16.0 Å². The Kier molecular flexibility index (Phi) is 9.79. The van der Waals surface area contributed by atoms with E-state index in [0.717, 1.165) is 37.8 Å². The number of rotatable bonds is 13. The molecule has 2 atom stereocenters. The van der Waals surface area contributed by atoms with E-state index in [1.54, 1.807) is 0 Å². The summed E-state index contributed by atoms with van der Waals surface area (Å²) in [6, 6.07) is 9.47. The zero-order chi connectivity index (χ0) is 22.1. The lowest BCUT2D eigenvalue weighted by Gasteiger charge is -2.31. The molecule has 0 aromatic heterocycles. The van der Waals surface area contributed by atoms with Crippen LogP contribution in [0, 0.1) is 0 Å². The molecular formula is C25H42N2O2Si. The summed E-state index contributed by atoms with van der Waals surface area (Å²) in [6.07, 6.45) is 6.87. The minimum atomic E-state index is -0.516. The summed E-state index contributed by atoms with van der Waals surface area (Å²) in [6.45, 7) is 16.4. The van der Waals surface area contributed by atoms with Gasteiger partial charge in [0, 0.05) is 21.9 Å². The first-order chi connectivity index (χ1) is 14.3. The van der Waals surface area contributed by atoms with E-state index in [1.807, 2.05) is 11.0 Å². The van der Waals surface area contributed by atoms with Crippen LogP contribution >= 0.6 is 0 Å². The van der Waals surface area contributed by atoms with E-state index in [0.29, 0.717) is 6.61 Å². The summed E-state index contributed by atoms with van der Waals surface area (Å²) in [5.41, 5.74) is 1.94. The van der Waals surface area contributed by atoms with Crippen molar-refractivity contribution in [1.82, 2.24) is 10.2 Å². The second-order valence-electron chi connectivity index (χ2n) is 9.44. The van der Waals surface area contributed by atoms with Gasteiger partial charge in [-0.25, -0.2) is 0 Å². The largest absolute Gasteiger partial charge is 0.371 e. The number of nitrogens with one attached hydrogen (secondary N) is 1. The minimum absolute atomic E-state index is 0.156. The molecule has 0 spiro atoms. The maximum Gasteiger partial charge on any atom is 0.244 e. The molecular weight excluding hydrogens is 388 g/mol. The smallest absolute Gasteiger partial charge is 0.244 e. The Morgan fingerprint density at radius 1 is 1.23 bits per heavy atom. The molecule has 1 fully saturated rings. The summed E-state index contributed by atoms with van der Waals surface area (Å²) < 4.78 is 6.40. The number of hydrogen-bond acceptors (Lipinski definition) is 3. The second-order valence-corrected chi connectivity index (χ2v) is 12.8. The van der Waals surface area contributed by atoms with E-state index >= 15 is 0 Å². The van der Waals surface area contributed by atoms with Crippen LogP contribution in [0.2, 0.25) is 19.1 Å². The van der Waals surface area contributed by atoms with Crippen molar-refractivity contribution in [2.24, 2.45) is 0 Å². The predicted octanol–water partition coefficient (Wildman–Crippen LogP) is 5.08. The van der Waals surface area contributed by atoms with E-state index in [1.165, 1.54) is 18.0 Å². The van der Waals surface area contributed by atoms with Gasteiger partial charge < -0.3 is 9.64 Å². The fourth-order valence-electron chi connectivity index (χ4n) is 4.13. The van der Waals surface area contributed by atoms with Gasteiger partial charge in [0.25, 0.3) is 0 Å². The number of carbonyl (C=O) groups excluding carboxylic acids is 1. The number of amides is 1. The van der Waals surface area contributed by atoms with Crippen molar-refractivity contribution < 1.29 is 9.53 Å².